The monoisotopic (exact) mass is 518 g/mol. The highest BCUT2D eigenvalue weighted by atomic mass is 16.7. The highest BCUT2D eigenvalue weighted by molar-refractivity contribution is 5.89. The molecule has 4 rings (SSSR count). The maximum Gasteiger partial charge on any atom is 0.338 e. The van der Waals surface area contributed by atoms with Crippen molar-refractivity contribution in [1.29, 1.82) is 0 Å². The van der Waals surface area contributed by atoms with Crippen LogP contribution in [0.25, 0.3) is 0 Å². The average molecular weight is 519 g/mol. The minimum Gasteiger partial charge on any atom is -0.450 e. The minimum atomic E-state index is -1.15. The van der Waals surface area contributed by atoms with E-state index in [-0.39, 0.29) is 13.2 Å². The number of esters is 1. The largest absolute Gasteiger partial charge is 0.450 e. The number of rotatable bonds is 12. The van der Waals surface area contributed by atoms with Crippen LogP contribution in [0.2, 0.25) is 0 Å². The minimum absolute atomic E-state index is 0.0862. The molecule has 3 aromatic carbocycles. The third-order valence-electron chi connectivity index (χ3n) is 6.23. The van der Waals surface area contributed by atoms with Gasteiger partial charge in [0.25, 0.3) is 0 Å². The van der Waals surface area contributed by atoms with Crippen LogP contribution in [-0.2, 0) is 36.9 Å². The van der Waals surface area contributed by atoms with Crippen LogP contribution in [-0.4, -0.2) is 54.5 Å². The predicted molar refractivity (Wildman–Crippen MR) is 142 cm³/mol. The molecule has 0 radical (unpaired) electrons. The first-order chi connectivity index (χ1) is 18.5. The van der Waals surface area contributed by atoms with Crippen molar-refractivity contribution in [2.24, 2.45) is 0 Å². The van der Waals surface area contributed by atoms with Crippen LogP contribution in [0.4, 0.5) is 0 Å². The van der Waals surface area contributed by atoms with Gasteiger partial charge in [-0.05, 0) is 30.2 Å². The fourth-order valence-corrected chi connectivity index (χ4v) is 4.12. The topological polar surface area (TPSA) is 83.5 Å². The van der Waals surface area contributed by atoms with E-state index in [0.717, 1.165) is 11.1 Å². The number of aliphatic hydroxyl groups is 1. The lowest BCUT2D eigenvalue weighted by Gasteiger charge is -2.44. The van der Waals surface area contributed by atoms with Gasteiger partial charge >= 0.3 is 5.97 Å². The van der Waals surface area contributed by atoms with Gasteiger partial charge in [0, 0.05) is 0 Å². The molecule has 7 heteroatoms. The Labute approximate surface area is 223 Å². The molecule has 0 unspecified atom stereocenters. The molecular formula is C31H34O7. The van der Waals surface area contributed by atoms with Gasteiger partial charge in [-0.25, -0.2) is 4.79 Å². The standard InChI is InChI=1S/C31H34O7/c1-3-22(2)36-31-29(38-30(33)25-17-11-6-12-18-25)28(35-20-24-15-9-5-10-16-24)27(32)26(37-31)21-34-19-23-13-7-4-8-14-23/h3-18,22,26-29,31-32H,1,19-21H2,2H3/t22-,26-,27-,28+,29-,31-/m1/s1. The van der Waals surface area contributed by atoms with Crippen molar-refractivity contribution < 1.29 is 33.6 Å². The Kier molecular flexibility index (Phi) is 10.2. The fraction of sp³-hybridized carbons (Fsp3) is 0.323. The van der Waals surface area contributed by atoms with Crippen LogP contribution in [0, 0.1) is 0 Å². The van der Waals surface area contributed by atoms with Gasteiger partial charge in [-0.1, -0.05) is 84.9 Å². The van der Waals surface area contributed by atoms with Crippen LogP contribution >= 0.6 is 0 Å². The summed E-state index contributed by atoms with van der Waals surface area (Å²) in [5.41, 5.74) is 2.28. The quantitative estimate of drug-likeness (QED) is 0.275. The maximum absolute atomic E-state index is 13.0. The maximum atomic E-state index is 13.0. The molecule has 38 heavy (non-hydrogen) atoms. The van der Waals surface area contributed by atoms with Crippen LogP contribution in [0.3, 0.4) is 0 Å². The molecule has 1 aliphatic heterocycles. The zero-order valence-electron chi connectivity index (χ0n) is 21.4. The lowest BCUT2D eigenvalue weighted by molar-refractivity contribution is -0.314. The molecule has 7 nitrogen and oxygen atoms in total. The van der Waals surface area contributed by atoms with Gasteiger partial charge in [0.05, 0.1) is 31.5 Å². The Morgan fingerprint density at radius 3 is 2.11 bits per heavy atom. The van der Waals surface area contributed by atoms with Gasteiger partial charge < -0.3 is 28.8 Å². The molecule has 0 spiro atoms. The first-order valence-electron chi connectivity index (χ1n) is 12.7. The van der Waals surface area contributed by atoms with Crippen molar-refractivity contribution in [3.63, 3.8) is 0 Å². The van der Waals surface area contributed by atoms with Crippen LogP contribution in [0.5, 0.6) is 0 Å². The molecule has 1 N–H and O–H groups in total. The first kappa shape index (κ1) is 27.7. The number of carbonyl (C=O) groups is 1. The molecule has 200 valence electrons. The Hall–Kier alpha value is -3.33. The molecule has 1 fully saturated rings. The highest BCUT2D eigenvalue weighted by Crippen LogP contribution is 2.30. The highest BCUT2D eigenvalue weighted by Gasteiger charge is 2.49. The zero-order chi connectivity index (χ0) is 26.7. The molecule has 0 saturated carbocycles. The molecule has 0 aliphatic carbocycles. The summed E-state index contributed by atoms with van der Waals surface area (Å²) < 4.78 is 30.2. The normalized spacial score (nSPS) is 23.9. The molecule has 0 aromatic heterocycles. The van der Waals surface area contributed by atoms with Crippen molar-refractivity contribution in [2.45, 2.75) is 56.9 Å². The van der Waals surface area contributed by atoms with Gasteiger partial charge in [0.15, 0.2) is 12.4 Å². The molecule has 1 heterocycles. The second kappa shape index (κ2) is 14.0. The van der Waals surface area contributed by atoms with Gasteiger partial charge in [-0.3, -0.25) is 0 Å². The van der Waals surface area contributed by atoms with Crippen molar-refractivity contribution in [2.75, 3.05) is 6.61 Å². The Morgan fingerprint density at radius 1 is 0.921 bits per heavy atom. The van der Waals surface area contributed by atoms with E-state index in [1.54, 1.807) is 37.3 Å². The van der Waals surface area contributed by atoms with Gasteiger partial charge in [0.1, 0.15) is 18.3 Å². The summed E-state index contributed by atoms with van der Waals surface area (Å²) in [4.78, 5) is 13.0. The molecular weight excluding hydrogens is 484 g/mol. The number of hydrogen-bond acceptors (Lipinski definition) is 7. The van der Waals surface area contributed by atoms with E-state index >= 15 is 0 Å². The Morgan fingerprint density at radius 2 is 1.50 bits per heavy atom. The second-order valence-corrected chi connectivity index (χ2v) is 9.11. The molecule has 0 amide bonds. The third kappa shape index (κ3) is 7.60. The van der Waals surface area contributed by atoms with E-state index in [0.29, 0.717) is 12.2 Å². The van der Waals surface area contributed by atoms with Crippen molar-refractivity contribution in [3.05, 3.63) is 120 Å². The zero-order valence-corrected chi connectivity index (χ0v) is 21.4. The van der Waals surface area contributed by atoms with Crippen molar-refractivity contribution in [3.8, 4) is 0 Å². The Bertz CT molecular complexity index is 1120. The number of aliphatic hydroxyl groups excluding tert-OH is 1. The lowest BCUT2D eigenvalue weighted by atomic mass is 9.98. The lowest BCUT2D eigenvalue weighted by Crippen LogP contribution is -2.61. The van der Waals surface area contributed by atoms with Gasteiger partial charge in [-0.15, -0.1) is 6.58 Å². The molecule has 3 aromatic rings. The number of carbonyl (C=O) groups excluding carboxylic acids is 1. The smallest absolute Gasteiger partial charge is 0.338 e. The summed E-state index contributed by atoms with van der Waals surface area (Å²) in [6.45, 7) is 6.22. The van der Waals surface area contributed by atoms with E-state index < -0.39 is 42.8 Å². The molecule has 0 bridgehead atoms. The molecule has 1 aliphatic rings. The van der Waals surface area contributed by atoms with Gasteiger partial charge in [-0.2, -0.15) is 0 Å². The first-order valence-corrected chi connectivity index (χ1v) is 12.7. The number of benzene rings is 3. The van der Waals surface area contributed by atoms with Crippen molar-refractivity contribution in [1.82, 2.24) is 0 Å². The van der Waals surface area contributed by atoms with E-state index in [4.69, 9.17) is 23.7 Å². The van der Waals surface area contributed by atoms with Gasteiger partial charge in [0.2, 0.25) is 0 Å². The average Bonchev–Trinajstić information content (AvgIpc) is 2.96. The van der Waals surface area contributed by atoms with Crippen LogP contribution < -0.4 is 0 Å². The fourth-order valence-electron chi connectivity index (χ4n) is 4.12. The summed E-state index contributed by atoms with van der Waals surface area (Å²) in [5, 5.41) is 11.4. The number of ether oxygens (including phenoxy) is 5. The predicted octanol–water partition coefficient (Wildman–Crippen LogP) is 4.69. The summed E-state index contributed by atoms with van der Waals surface area (Å²) >= 11 is 0. The molecule has 1 saturated heterocycles. The summed E-state index contributed by atoms with van der Waals surface area (Å²) in [6, 6.07) is 27.9. The molecule has 6 atom stereocenters. The number of hydrogen-bond donors (Lipinski definition) is 1. The van der Waals surface area contributed by atoms with E-state index in [1.165, 1.54) is 0 Å². The summed E-state index contributed by atoms with van der Waals surface area (Å²) in [6.07, 6.45) is -3.74. The Balaban J connectivity index is 1.55. The van der Waals surface area contributed by atoms with E-state index in [2.05, 4.69) is 6.58 Å². The summed E-state index contributed by atoms with van der Waals surface area (Å²) in [5.74, 6) is -0.571. The van der Waals surface area contributed by atoms with E-state index in [9.17, 15) is 9.90 Å². The van der Waals surface area contributed by atoms with Crippen LogP contribution in [0.1, 0.15) is 28.4 Å². The third-order valence-corrected chi connectivity index (χ3v) is 6.23. The van der Waals surface area contributed by atoms with E-state index in [1.807, 2.05) is 66.7 Å². The summed E-state index contributed by atoms with van der Waals surface area (Å²) in [7, 11) is 0. The van der Waals surface area contributed by atoms with Crippen molar-refractivity contribution >= 4 is 5.97 Å². The van der Waals surface area contributed by atoms with Crippen LogP contribution in [0.15, 0.2) is 104 Å². The SMILES string of the molecule is C=C[C@@H](C)O[C@@H]1O[C@H](COCc2ccccc2)[C@@H](O)[C@H](OCc2ccccc2)[C@H]1OC(=O)c1ccccc1. The second-order valence-electron chi connectivity index (χ2n) is 9.11.